The zero-order chi connectivity index (χ0) is 22.6. The molecule has 0 aromatic heterocycles. The van der Waals surface area contributed by atoms with Crippen molar-refractivity contribution in [2.45, 2.75) is 0 Å². The van der Waals surface area contributed by atoms with Gasteiger partial charge in [-0.2, -0.15) is 0 Å². The molecule has 0 aliphatic carbocycles. The Bertz CT molecular complexity index is 881. The summed E-state index contributed by atoms with van der Waals surface area (Å²) in [7, 11) is 1.66. The molecule has 4 N–H and O–H groups in total. The minimum Gasteiger partial charge on any atom is -0.492 e. The Hall–Kier alpha value is -3.58. The maximum atomic E-state index is 5.94. The van der Waals surface area contributed by atoms with Crippen LogP contribution in [0.1, 0.15) is 0 Å². The predicted octanol–water partition coefficient (Wildman–Crippen LogP) is 3.84. The summed E-state index contributed by atoms with van der Waals surface area (Å²) in [5, 5.41) is 0. The Labute approximate surface area is 189 Å². The lowest BCUT2D eigenvalue weighted by molar-refractivity contribution is 0.146. The summed E-state index contributed by atoms with van der Waals surface area (Å²) in [5.41, 5.74) is 13.9. The highest BCUT2D eigenvalue weighted by molar-refractivity contribution is 5.58. The Morgan fingerprint density at radius 1 is 0.625 bits per heavy atom. The molecule has 0 spiro atoms. The maximum Gasteiger partial charge on any atom is 0.142 e. The standard InChI is InChI=1S/C25H31N3O4/c1-29-18-19-32-25-5-3-2-4-24(25)28(14-16-30-22-10-6-20(26)7-11-22)15-17-31-23-12-8-21(27)9-13-23/h2-13H,14-19,26-27H2,1H3. The second kappa shape index (κ2) is 12.3. The van der Waals surface area contributed by atoms with Gasteiger partial charge in [0.2, 0.25) is 0 Å². The van der Waals surface area contributed by atoms with E-state index in [0.717, 1.165) is 22.9 Å². The smallest absolute Gasteiger partial charge is 0.142 e. The molecule has 7 nitrogen and oxygen atoms in total. The van der Waals surface area contributed by atoms with E-state index in [2.05, 4.69) is 4.90 Å². The molecule has 0 heterocycles. The molecule has 0 bridgehead atoms. The summed E-state index contributed by atoms with van der Waals surface area (Å²) < 4.78 is 22.9. The summed E-state index contributed by atoms with van der Waals surface area (Å²) in [5.74, 6) is 2.35. The van der Waals surface area contributed by atoms with Gasteiger partial charge in [0, 0.05) is 18.5 Å². The highest BCUT2D eigenvalue weighted by Gasteiger charge is 2.13. The quantitative estimate of drug-likeness (QED) is 0.310. The molecule has 0 aliphatic rings. The van der Waals surface area contributed by atoms with Crippen LogP contribution in [0.25, 0.3) is 0 Å². The van der Waals surface area contributed by atoms with Gasteiger partial charge in [-0.15, -0.1) is 0 Å². The van der Waals surface area contributed by atoms with Crippen LogP contribution in [0.15, 0.2) is 72.8 Å². The maximum absolute atomic E-state index is 5.94. The van der Waals surface area contributed by atoms with Crippen molar-refractivity contribution in [1.29, 1.82) is 0 Å². The SMILES string of the molecule is COCCOc1ccccc1N(CCOc1ccc(N)cc1)CCOc1ccc(N)cc1. The Morgan fingerprint density at radius 2 is 1.16 bits per heavy atom. The van der Waals surface area contributed by atoms with Crippen molar-refractivity contribution < 1.29 is 18.9 Å². The number of hydrogen-bond acceptors (Lipinski definition) is 7. The number of nitrogens with two attached hydrogens (primary N) is 2. The first kappa shape index (κ1) is 23.1. The Balaban J connectivity index is 1.65. The van der Waals surface area contributed by atoms with E-state index in [1.54, 1.807) is 7.11 Å². The Kier molecular flexibility index (Phi) is 8.89. The molecule has 0 atom stereocenters. The lowest BCUT2D eigenvalue weighted by Crippen LogP contribution is -2.32. The number of benzene rings is 3. The molecule has 0 fully saturated rings. The van der Waals surface area contributed by atoms with Crippen LogP contribution in [0, 0.1) is 0 Å². The second-order valence-corrected chi connectivity index (χ2v) is 7.13. The lowest BCUT2D eigenvalue weighted by Gasteiger charge is -2.27. The third kappa shape index (κ3) is 7.28. The molecular weight excluding hydrogens is 406 g/mol. The summed E-state index contributed by atoms with van der Waals surface area (Å²) in [4.78, 5) is 2.19. The van der Waals surface area contributed by atoms with Crippen molar-refractivity contribution in [3.63, 3.8) is 0 Å². The first-order chi connectivity index (χ1) is 15.7. The topological polar surface area (TPSA) is 92.2 Å². The predicted molar refractivity (Wildman–Crippen MR) is 129 cm³/mol. The monoisotopic (exact) mass is 437 g/mol. The third-order valence-electron chi connectivity index (χ3n) is 4.77. The van der Waals surface area contributed by atoms with Crippen molar-refractivity contribution in [2.24, 2.45) is 0 Å². The number of nitrogens with zero attached hydrogens (tertiary/aromatic N) is 1. The molecule has 0 saturated heterocycles. The summed E-state index contributed by atoms with van der Waals surface area (Å²) in [6, 6.07) is 22.7. The molecule has 32 heavy (non-hydrogen) atoms. The average molecular weight is 438 g/mol. The molecule has 0 unspecified atom stereocenters. The van der Waals surface area contributed by atoms with Crippen LogP contribution in [0.4, 0.5) is 17.1 Å². The number of hydrogen-bond donors (Lipinski definition) is 2. The van der Waals surface area contributed by atoms with Crippen LogP contribution in [0.3, 0.4) is 0 Å². The first-order valence-corrected chi connectivity index (χ1v) is 10.6. The van der Waals surface area contributed by atoms with Crippen LogP contribution < -0.4 is 30.6 Å². The van der Waals surface area contributed by atoms with Gasteiger partial charge >= 0.3 is 0 Å². The van der Waals surface area contributed by atoms with E-state index in [1.165, 1.54) is 0 Å². The number of anilines is 3. The fourth-order valence-electron chi connectivity index (χ4n) is 3.10. The summed E-state index contributed by atoms with van der Waals surface area (Å²) >= 11 is 0. The Morgan fingerprint density at radius 3 is 1.69 bits per heavy atom. The zero-order valence-electron chi connectivity index (χ0n) is 18.4. The van der Waals surface area contributed by atoms with Gasteiger partial charge in [0.1, 0.15) is 37.1 Å². The van der Waals surface area contributed by atoms with E-state index >= 15 is 0 Å². The van der Waals surface area contributed by atoms with Gasteiger partial charge in [0.25, 0.3) is 0 Å². The largest absolute Gasteiger partial charge is 0.492 e. The molecule has 3 aromatic carbocycles. The molecule has 3 rings (SSSR count). The summed E-state index contributed by atoms with van der Waals surface area (Å²) in [6.45, 7) is 3.30. The normalized spacial score (nSPS) is 10.5. The van der Waals surface area contributed by atoms with Crippen molar-refractivity contribution in [3.8, 4) is 17.2 Å². The van der Waals surface area contributed by atoms with Gasteiger partial charge in [0.05, 0.1) is 25.4 Å². The van der Waals surface area contributed by atoms with Crippen LogP contribution >= 0.6 is 0 Å². The number of ether oxygens (including phenoxy) is 4. The van der Waals surface area contributed by atoms with Gasteiger partial charge in [-0.05, 0) is 60.7 Å². The van der Waals surface area contributed by atoms with Gasteiger partial charge in [-0.3, -0.25) is 0 Å². The van der Waals surface area contributed by atoms with Crippen LogP contribution in [0.2, 0.25) is 0 Å². The number of nitrogen functional groups attached to an aromatic ring is 2. The van der Waals surface area contributed by atoms with Crippen LogP contribution in [-0.4, -0.2) is 46.6 Å². The number of para-hydroxylation sites is 2. The number of methoxy groups -OCH3 is 1. The van der Waals surface area contributed by atoms with Crippen molar-refractivity contribution in [2.75, 3.05) is 63.0 Å². The molecule has 0 saturated carbocycles. The van der Waals surface area contributed by atoms with Gasteiger partial charge in [-0.1, -0.05) is 12.1 Å². The average Bonchev–Trinajstić information content (AvgIpc) is 2.81. The van der Waals surface area contributed by atoms with Gasteiger partial charge in [0.15, 0.2) is 0 Å². The minimum atomic E-state index is 0.477. The second-order valence-electron chi connectivity index (χ2n) is 7.13. The third-order valence-corrected chi connectivity index (χ3v) is 4.77. The van der Waals surface area contributed by atoms with E-state index in [4.69, 9.17) is 30.4 Å². The van der Waals surface area contributed by atoms with E-state index in [-0.39, 0.29) is 0 Å². The van der Waals surface area contributed by atoms with E-state index in [0.29, 0.717) is 50.9 Å². The molecule has 170 valence electrons. The molecule has 7 heteroatoms. The number of rotatable bonds is 13. The fourth-order valence-corrected chi connectivity index (χ4v) is 3.10. The molecule has 0 amide bonds. The highest BCUT2D eigenvalue weighted by atomic mass is 16.5. The van der Waals surface area contributed by atoms with Gasteiger partial charge < -0.3 is 35.3 Å². The summed E-state index contributed by atoms with van der Waals surface area (Å²) in [6.07, 6.45) is 0. The van der Waals surface area contributed by atoms with E-state index < -0.39 is 0 Å². The molecule has 0 aliphatic heterocycles. The lowest BCUT2D eigenvalue weighted by atomic mass is 10.2. The minimum absolute atomic E-state index is 0.477. The van der Waals surface area contributed by atoms with E-state index in [9.17, 15) is 0 Å². The fraction of sp³-hybridized carbons (Fsp3) is 0.280. The molecule has 3 aromatic rings. The van der Waals surface area contributed by atoms with Crippen LogP contribution in [-0.2, 0) is 4.74 Å². The van der Waals surface area contributed by atoms with Crippen LogP contribution in [0.5, 0.6) is 17.2 Å². The van der Waals surface area contributed by atoms with Crippen molar-refractivity contribution in [1.82, 2.24) is 0 Å². The molecular formula is C25H31N3O4. The zero-order valence-corrected chi connectivity index (χ0v) is 18.4. The van der Waals surface area contributed by atoms with Crippen molar-refractivity contribution >= 4 is 17.1 Å². The molecule has 0 radical (unpaired) electrons. The first-order valence-electron chi connectivity index (χ1n) is 10.6. The van der Waals surface area contributed by atoms with E-state index in [1.807, 2.05) is 72.8 Å². The van der Waals surface area contributed by atoms with Crippen molar-refractivity contribution in [3.05, 3.63) is 72.8 Å². The highest BCUT2D eigenvalue weighted by Crippen LogP contribution is 2.28. The van der Waals surface area contributed by atoms with Gasteiger partial charge in [-0.25, -0.2) is 0 Å².